The van der Waals surface area contributed by atoms with Crippen LogP contribution in [0.5, 0.6) is 0 Å². The Morgan fingerprint density at radius 2 is 1.06 bits per heavy atom. The van der Waals surface area contributed by atoms with Gasteiger partial charge >= 0.3 is 207 Å². The summed E-state index contributed by atoms with van der Waals surface area (Å²) in [4.78, 5) is 0. The number of hydrogen-bond donors (Lipinski definition) is 0. The second-order valence-corrected chi connectivity index (χ2v) is 17.9. The predicted octanol–water partition coefficient (Wildman–Crippen LogP) is 5.73. The molecule has 0 spiro atoms. The van der Waals surface area contributed by atoms with E-state index in [2.05, 4.69) is 51.9 Å². The van der Waals surface area contributed by atoms with Crippen LogP contribution in [0.3, 0.4) is 0 Å². The second-order valence-electron chi connectivity index (χ2n) is 7.75. The summed E-state index contributed by atoms with van der Waals surface area (Å²) >= 11 is -2.90. The molecule has 0 unspecified atom stereocenters. The van der Waals surface area contributed by atoms with Crippen molar-refractivity contribution in [3.8, 4) is 11.4 Å². The van der Waals surface area contributed by atoms with E-state index in [0.717, 1.165) is 26.4 Å². The van der Waals surface area contributed by atoms with E-state index in [1.165, 1.54) is 0 Å². The van der Waals surface area contributed by atoms with Crippen molar-refractivity contribution < 1.29 is 14.0 Å². The van der Waals surface area contributed by atoms with Crippen LogP contribution in [0, 0.1) is 0 Å². The van der Waals surface area contributed by atoms with Crippen molar-refractivity contribution in [2.45, 2.75) is 5.54 Å². The van der Waals surface area contributed by atoms with Gasteiger partial charge in [0.2, 0.25) is 0 Å². The van der Waals surface area contributed by atoms with Gasteiger partial charge in [-0.3, -0.25) is 0 Å². The molecule has 159 valence electrons. The molecular weight excluding hydrogens is 505 g/mol. The molecular formula is C26H19Cl2N4Zn. The topological polar surface area (TPSA) is 43.6 Å². The van der Waals surface area contributed by atoms with Gasteiger partial charge in [0.05, 0.1) is 0 Å². The first kappa shape index (κ1) is 22.0. The average Bonchev–Trinajstić information content (AvgIpc) is 3.36. The summed E-state index contributed by atoms with van der Waals surface area (Å²) in [6.07, 6.45) is 0. The standard InChI is InChI=1S/C26H19N4.2ClH.Zn/c1-5-13-21(14-6-1)25-27-28-29-30(25)26(22-15-7-2-8-16-22,23-17-9-3-10-18-23)24-19-11-4-12-20-24;;;/h1-13,15-20H;2*1H;/q;;;+2/p-2. The molecule has 0 N–H and O–H groups in total. The van der Waals surface area contributed by atoms with Gasteiger partial charge in [-0.2, -0.15) is 0 Å². The van der Waals surface area contributed by atoms with Crippen molar-refractivity contribution >= 4 is 23.5 Å². The molecule has 0 saturated carbocycles. The summed E-state index contributed by atoms with van der Waals surface area (Å²) in [6, 6.07) is 38.9. The zero-order valence-electron chi connectivity index (χ0n) is 17.7. The van der Waals surface area contributed by atoms with Gasteiger partial charge in [0, 0.05) is 0 Å². The molecule has 0 fully saturated rings. The number of aromatic nitrogens is 4. The summed E-state index contributed by atoms with van der Waals surface area (Å²) in [6.45, 7) is 0. The number of hydrogen-bond acceptors (Lipinski definition) is 3. The molecule has 5 aromatic rings. The molecule has 4 aromatic carbocycles. The minimum atomic E-state index is -2.90. The Hall–Kier alpha value is -2.85. The molecule has 33 heavy (non-hydrogen) atoms. The van der Waals surface area contributed by atoms with Crippen molar-refractivity contribution in [3.63, 3.8) is 0 Å². The van der Waals surface area contributed by atoms with Crippen LogP contribution in [-0.2, 0) is 19.5 Å². The van der Waals surface area contributed by atoms with Crippen LogP contribution in [0.4, 0.5) is 0 Å². The Bertz CT molecular complexity index is 1250. The molecule has 1 heterocycles. The molecule has 0 bridgehead atoms. The average molecular weight is 524 g/mol. The first-order valence-electron chi connectivity index (χ1n) is 10.7. The number of nitrogens with zero attached hydrogens (tertiary/aromatic N) is 4. The first-order chi connectivity index (χ1) is 16.2. The van der Waals surface area contributed by atoms with Gasteiger partial charge in [-0.05, 0) is 0 Å². The third-order valence-corrected chi connectivity index (χ3v) is 11.4. The van der Waals surface area contributed by atoms with E-state index < -0.39 is 19.5 Å². The molecule has 0 atom stereocenters. The number of rotatable bonds is 6. The summed E-state index contributed by atoms with van der Waals surface area (Å²) < 4.78 is 2.87. The van der Waals surface area contributed by atoms with Gasteiger partial charge in [-0.25, -0.2) is 0 Å². The normalized spacial score (nSPS) is 11.3. The van der Waals surface area contributed by atoms with Crippen molar-refractivity contribution in [2.75, 3.05) is 0 Å². The molecule has 1 aromatic heterocycles. The van der Waals surface area contributed by atoms with Crippen molar-refractivity contribution in [2.24, 2.45) is 0 Å². The fourth-order valence-corrected chi connectivity index (χ4v) is 8.72. The van der Waals surface area contributed by atoms with Gasteiger partial charge in [0.15, 0.2) is 0 Å². The van der Waals surface area contributed by atoms with Crippen LogP contribution in [0.15, 0.2) is 115 Å². The minimum absolute atomic E-state index is 0.629. The van der Waals surface area contributed by atoms with Gasteiger partial charge in [-0.1, -0.05) is 0 Å². The summed E-state index contributed by atoms with van der Waals surface area (Å²) in [5, 5.41) is 13.2. The van der Waals surface area contributed by atoms with E-state index in [0.29, 0.717) is 5.82 Å². The summed E-state index contributed by atoms with van der Waals surface area (Å²) in [5.74, 6) is 0.629. The number of benzene rings is 4. The maximum absolute atomic E-state index is 6.54. The molecule has 7 heteroatoms. The SMILES string of the molecule is [Cl][Zn]([Cl])[c]1ccccc1-c1nnnn1C(c1ccccc1)(c1ccccc1)c1ccccc1. The second kappa shape index (κ2) is 9.56. The Morgan fingerprint density at radius 1 is 0.606 bits per heavy atom. The van der Waals surface area contributed by atoms with Gasteiger partial charge < -0.3 is 0 Å². The Morgan fingerprint density at radius 3 is 1.55 bits per heavy atom. The molecule has 0 radical (unpaired) electrons. The van der Waals surface area contributed by atoms with Crippen molar-refractivity contribution in [1.82, 2.24) is 20.2 Å². The zero-order chi connectivity index (χ0) is 22.7. The summed E-state index contributed by atoms with van der Waals surface area (Å²) in [7, 11) is 13.1. The van der Waals surface area contributed by atoms with E-state index >= 15 is 0 Å². The molecule has 5 rings (SSSR count). The Labute approximate surface area is 205 Å². The number of tetrazole rings is 1. The maximum atomic E-state index is 6.54. The van der Waals surface area contributed by atoms with Crippen LogP contribution in [0.25, 0.3) is 11.4 Å². The number of halogens is 2. The van der Waals surface area contributed by atoms with Crippen LogP contribution in [0.1, 0.15) is 16.7 Å². The molecule has 0 aliphatic rings. The van der Waals surface area contributed by atoms with E-state index in [4.69, 9.17) is 19.4 Å². The zero-order valence-corrected chi connectivity index (χ0v) is 22.2. The van der Waals surface area contributed by atoms with Gasteiger partial charge in [0.1, 0.15) is 0 Å². The Kier molecular flexibility index (Phi) is 6.37. The van der Waals surface area contributed by atoms with E-state index in [1.807, 2.05) is 83.5 Å². The van der Waals surface area contributed by atoms with Crippen LogP contribution >= 0.6 is 19.4 Å². The Balaban J connectivity index is 1.90. The third kappa shape index (κ3) is 3.91. The fraction of sp³-hybridized carbons (Fsp3) is 0.0385. The van der Waals surface area contributed by atoms with Crippen LogP contribution in [-0.4, -0.2) is 20.2 Å². The van der Waals surface area contributed by atoms with Gasteiger partial charge in [0.25, 0.3) is 0 Å². The molecule has 0 aliphatic carbocycles. The third-order valence-electron chi connectivity index (χ3n) is 5.91. The molecule has 0 saturated heterocycles. The fourth-order valence-electron chi connectivity index (χ4n) is 4.46. The molecule has 4 nitrogen and oxygen atoms in total. The van der Waals surface area contributed by atoms with Crippen molar-refractivity contribution in [1.29, 1.82) is 0 Å². The summed E-state index contributed by atoms with van der Waals surface area (Å²) in [5.41, 5.74) is 3.21. The predicted molar refractivity (Wildman–Crippen MR) is 129 cm³/mol. The van der Waals surface area contributed by atoms with Gasteiger partial charge in [-0.15, -0.1) is 0 Å². The first-order valence-corrected chi connectivity index (χ1v) is 20.0. The van der Waals surface area contributed by atoms with E-state index in [1.54, 1.807) is 0 Å². The van der Waals surface area contributed by atoms with Crippen LogP contribution in [0.2, 0.25) is 0 Å². The van der Waals surface area contributed by atoms with E-state index in [-0.39, 0.29) is 0 Å². The molecule has 0 aliphatic heterocycles. The van der Waals surface area contributed by atoms with Crippen molar-refractivity contribution in [3.05, 3.63) is 132 Å². The monoisotopic (exact) mass is 521 g/mol. The van der Waals surface area contributed by atoms with E-state index in [9.17, 15) is 0 Å². The molecule has 0 amide bonds. The van der Waals surface area contributed by atoms with Crippen LogP contribution < -0.4 is 4.16 Å². The quantitative estimate of drug-likeness (QED) is 0.211.